The van der Waals surface area contributed by atoms with E-state index < -0.39 is 15.9 Å². The minimum Gasteiger partial charge on any atom is -0.454 e. The van der Waals surface area contributed by atoms with E-state index in [2.05, 4.69) is 10.0 Å². The average molecular weight is 429 g/mol. The van der Waals surface area contributed by atoms with Crippen LogP contribution in [0, 0.1) is 6.92 Å². The first kappa shape index (κ1) is 19.3. The zero-order valence-electron chi connectivity index (χ0n) is 15.4. The van der Waals surface area contributed by atoms with Crippen molar-refractivity contribution in [2.24, 2.45) is 0 Å². The molecule has 0 bridgehead atoms. The molecule has 4 rings (SSSR count). The molecule has 148 valence electrons. The van der Waals surface area contributed by atoms with Gasteiger partial charge in [0.25, 0.3) is 5.91 Å². The molecule has 0 saturated carbocycles. The zero-order chi connectivity index (χ0) is 20.6. The summed E-state index contributed by atoms with van der Waals surface area (Å²) in [6.07, 6.45) is 0. The lowest BCUT2D eigenvalue weighted by molar-refractivity contribution is 0.102. The Morgan fingerprint density at radius 3 is 2.48 bits per heavy atom. The summed E-state index contributed by atoms with van der Waals surface area (Å²) < 4.78 is 33.4. The highest BCUT2D eigenvalue weighted by atomic mass is 35.5. The van der Waals surface area contributed by atoms with Gasteiger partial charge >= 0.3 is 0 Å². The summed E-state index contributed by atoms with van der Waals surface area (Å²) in [6, 6.07) is 16.7. The first-order chi connectivity index (χ1) is 13.8. The molecule has 1 aliphatic rings. The van der Waals surface area contributed by atoms with Crippen molar-refractivity contribution in [2.45, 2.75) is 12.7 Å². The minimum atomic E-state index is -3.65. The van der Waals surface area contributed by atoms with Crippen molar-refractivity contribution >= 4 is 38.9 Å². The highest BCUT2D eigenvalue weighted by Gasteiger charge is 2.22. The van der Waals surface area contributed by atoms with Crippen LogP contribution in [0.2, 0.25) is 5.02 Å². The van der Waals surface area contributed by atoms with Crippen molar-refractivity contribution in [2.75, 3.05) is 10.0 Å². The van der Waals surface area contributed by atoms with Crippen LogP contribution in [0.1, 0.15) is 21.5 Å². The molecule has 29 heavy (non-hydrogen) atoms. The number of carbonyl (C=O) groups is 1. The van der Waals surface area contributed by atoms with E-state index in [0.29, 0.717) is 27.8 Å². The number of hydrogen-bond donors (Lipinski definition) is 2. The fourth-order valence-corrected chi connectivity index (χ4v) is 4.34. The van der Waals surface area contributed by atoms with E-state index in [-0.39, 0.29) is 17.0 Å². The van der Waals surface area contributed by atoms with Gasteiger partial charge in [-0.2, -0.15) is 0 Å². The largest absolute Gasteiger partial charge is 0.454 e. The molecule has 3 aromatic rings. The van der Waals surface area contributed by atoms with E-state index in [1.54, 1.807) is 42.5 Å². The Bertz CT molecular complexity index is 1210. The Hall–Kier alpha value is -3.03. The smallest absolute Gasteiger partial charge is 0.259 e. The molecule has 0 fully saturated rings. The summed E-state index contributed by atoms with van der Waals surface area (Å²) in [4.78, 5) is 12.6. The fourth-order valence-electron chi connectivity index (χ4n) is 2.98. The summed E-state index contributed by atoms with van der Waals surface area (Å²) in [6.45, 7) is 1.94. The van der Waals surface area contributed by atoms with Crippen molar-refractivity contribution in [3.8, 4) is 11.5 Å². The van der Waals surface area contributed by atoms with Crippen LogP contribution < -0.4 is 14.8 Å². The second-order valence-corrected chi connectivity index (χ2v) is 8.91. The highest BCUT2D eigenvalue weighted by molar-refractivity contribution is 7.91. The monoisotopic (exact) mass is 428 g/mol. The molecular formula is C21H17ClN2O4S. The van der Waals surface area contributed by atoms with E-state index in [1.165, 1.54) is 6.07 Å². The number of sulfonamides is 1. The Kier molecular flexibility index (Phi) is 4.94. The van der Waals surface area contributed by atoms with Gasteiger partial charge in [0.05, 0.1) is 17.0 Å². The molecule has 8 heteroatoms. The fraction of sp³-hybridized carbons (Fsp3) is 0.0952. The number of fused-ring (bicyclic) bond motifs is 2. The molecule has 1 amide bonds. The van der Waals surface area contributed by atoms with Gasteiger partial charge < -0.3 is 10.1 Å². The molecule has 3 aromatic carbocycles. The second kappa shape index (κ2) is 7.42. The quantitative estimate of drug-likeness (QED) is 0.615. The van der Waals surface area contributed by atoms with Gasteiger partial charge in [-0.1, -0.05) is 41.4 Å². The molecule has 0 aliphatic carbocycles. The number of ether oxygens (including phenoxy) is 1. The van der Waals surface area contributed by atoms with E-state index in [4.69, 9.17) is 16.3 Å². The molecule has 0 saturated heterocycles. The molecule has 2 N–H and O–H groups in total. The zero-order valence-corrected chi connectivity index (χ0v) is 17.0. The van der Waals surface area contributed by atoms with Crippen LogP contribution >= 0.6 is 11.6 Å². The number of rotatable bonds is 4. The summed E-state index contributed by atoms with van der Waals surface area (Å²) in [7, 11) is -3.65. The summed E-state index contributed by atoms with van der Waals surface area (Å²) >= 11 is 5.98. The maximum absolute atomic E-state index is 12.6. The van der Waals surface area contributed by atoms with Gasteiger partial charge in [-0.15, -0.1) is 0 Å². The number of benzene rings is 3. The number of amides is 1. The number of aryl methyl sites for hydroxylation is 1. The highest BCUT2D eigenvalue weighted by Crippen LogP contribution is 2.38. The minimum absolute atomic E-state index is 0.170. The average Bonchev–Trinajstić information content (AvgIpc) is 2.79. The molecule has 6 nitrogen and oxygen atoms in total. The second-order valence-electron chi connectivity index (χ2n) is 6.75. The Morgan fingerprint density at radius 1 is 1.00 bits per heavy atom. The predicted octanol–water partition coefficient (Wildman–Crippen LogP) is 4.95. The molecule has 0 atom stereocenters. The maximum atomic E-state index is 12.6. The molecule has 0 spiro atoms. The summed E-state index contributed by atoms with van der Waals surface area (Å²) in [5, 5.41) is 3.19. The van der Waals surface area contributed by atoms with Crippen molar-refractivity contribution in [1.82, 2.24) is 0 Å². The number of hydrogen-bond acceptors (Lipinski definition) is 4. The maximum Gasteiger partial charge on any atom is 0.259 e. The SMILES string of the molecule is Cc1ccc(CS(=O)(=O)Nc2ccc3c(c2)C(=O)Nc2cc(Cl)ccc2O3)cc1. The van der Waals surface area contributed by atoms with Gasteiger partial charge in [-0.3, -0.25) is 9.52 Å². The third-order valence-corrected chi connectivity index (χ3v) is 5.88. The van der Waals surface area contributed by atoms with Crippen LogP contribution in [0.3, 0.4) is 0 Å². The topological polar surface area (TPSA) is 84.5 Å². The van der Waals surface area contributed by atoms with Crippen molar-refractivity contribution in [1.29, 1.82) is 0 Å². The molecule has 0 unspecified atom stereocenters. The first-order valence-corrected chi connectivity index (χ1v) is 10.8. The lowest BCUT2D eigenvalue weighted by atomic mass is 10.1. The molecule has 0 radical (unpaired) electrons. The van der Waals surface area contributed by atoms with E-state index >= 15 is 0 Å². The molecule has 0 aromatic heterocycles. The molecular weight excluding hydrogens is 412 g/mol. The summed E-state index contributed by atoms with van der Waals surface area (Å²) in [5.41, 5.74) is 2.66. The lowest BCUT2D eigenvalue weighted by Crippen LogP contribution is -2.16. The summed E-state index contributed by atoms with van der Waals surface area (Å²) in [5.74, 6) is 0.191. The standard InChI is InChI=1S/C21H17ClN2O4S/c1-13-2-4-14(5-3-13)12-29(26,27)24-16-7-9-19-17(11-16)21(25)23-18-10-15(22)6-8-20(18)28-19/h2-11,24H,12H2,1H3,(H,23,25). The van der Waals surface area contributed by atoms with Crippen molar-refractivity contribution in [3.63, 3.8) is 0 Å². The number of anilines is 2. The van der Waals surface area contributed by atoms with Gasteiger partial charge in [0.2, 0.25) is 10.0 Å². The molecule has 1 heterocycles. The van der Waals surface area contributed by atoms with Crippen LogP contribution in [-0.2, 0) is 15.8 Å². The number of carbonyl (C=O) groups excluding carboxylic acids is 1. The van der Waals surface area contributed by atoms with Crippen LogP contribution in [0.4, 0.5) is 11.4 Å². The van der Waals surface area contributed by atoms with Crippen molar-refractivity contribution < 1.29 is 17.9 Å². The van der Waals surface area contributed by atoms with Crippen LogP contribution in [-0.4, -0.2) is 14.3 Å². The van der Waals surface area contributed by atoms with Gasteiger partial charge in [0.1, 0.15) is 5.75 Å². The van der Waals surface area contributed by atoms with Crippen molar-refractivity contribution in [3.05, 3.63) is 82.4 Å². The predicted molar refractivity (Wildman–Crippen MR) is 113 cm³/mol. The van der Waals surface area contributed by atoms with E-state index in [1.807, 2.05) is 19.1 Å². The normalized spacial score (nSPS) is 12.8. The number of nitrogens with one attached hydrogen (secondary N) is 2. The van der Waals surface area contributed by atoms with Crippen LogP contribution in [0.5, 0.6) is 11.5 Å². The number of halogens is 1. The first-order valence-electron chi connectivity index (χ1n) is 8.78. The van der Waals surface area contributed by atoms with Gasteiger partial charge in [-0.25, -0.2) is 8.42 Å². The van der Waals surface area contributed by atoms with Gasteiger partial charge in [0.15, 0.2) is 5.75 Å². The van der Waals surface area contributed by atoms with Gasteiger partial charge in [0, 0.05) is 10.7 Å². The van der Waals surface area contributed by atoms with E-state index in [9.17, 15) is 13.2 Å². The van der Waals surface area contributed by atoms with E-state index in [0.717, 1.165) is 5.56 Å². The van der Waals surface area contributed by atoms with Gasteiger partial charge in [-0.05, 0) is 48.9 Å². The van der Waals surface area contributed by atoms with Crippen LogP contribution in [0.25, 0.3) is 0 Å². The Labute approximate surface area is 173 Å². The lowest BCUT2D eigenvalue weighted by Gasteiger charge is -2.11. The third kappa shape index (κ3) is 4.36. The third-order valence-electron chi connectivity index (χ3n) is 4.38. The van der Waals surface area contributed by atoms with Crippen LogP contribution in [0.15, 0.2) is 60.7 Å². The molecule has 1 aliphatic heterocycles. The Morgan fingerprint density at radius 2 is 1.72 bits per heavy atom. The Balaban J connectivity index is 1.58.